The van der Waals surface area contributed by atoms with Crippen LogP contribution in [0, 0.1) is 11.3 Å². The smallest absolute Gasteiger partial charge is 0.175 e. The summed E-state index contributed by atoms with van der Waals surface area (Å²) in [4.78, 5) is 5.84. The quantitative estimate of drug-likeness (QED) is 0.474. The van der Waals surface area contributed by atoms with E-state index in [9.17, 15) is 0 Å². The Morgan fingerprint density at radius 1 is 1.32 bits per heavy atom. The van der Waals surface area contributed by atoms with Crippen LogP contribution in [-0.2, 0) is 0 Å². The molecule has 0 saturated carbocycles. The third-order valence-corrected chi connectivity index (χ3v) is 2.46. The van der Waals surface area contributed by atoms with Crippen molar-refractivity contribution in [3.8, 4) is 0 Å². The van der Waals surface area contributed by atoms with Gasteiger partial charge in [-0.05, 0) is 39.4 Å². The van der Waals surface area contributed by atoms with Crippen LogP contribution >= 0.6 is 15.9 Å². The number of aromatic nitrogens is 1. The van der Waals surface area contributed by atoms with E-state index in [-0.39, 0.29) is 4.74 Å². The summed E-state index contributed by atoms with van der Waals surface area (Å²) in [5.74, 6) is 1.99. The highest BCUT2D eigenvalue weighted by molar-refractivity contribution is 9.18. The van der Waals surface area contributed by atoms with E-state index in [1.54, 1.807) is 11.1 Å². The van der Waals surface area contributed by atoms with Crippen molar-refractivity contribution in [1.29, 1.82) is 5.41 Å². The molecule has 0 atom stereocenters. The fraction of sp³-hybridized carbons (Fsp3) is 0.467. The van der Waals surface area contributed by atoms with Gasteiger partial charge in [-0.15, -0.1) is 0 Å². The molecule has 1 heterocycles. The van der Waals surface area contributed by atoms with E-state index in [4.69, 9.17) is 5.41 Å². The van der Waals surface area contributed by atoms with Crippen LogP contribution in [-0.4, -0.2) is 9.73 Å². The summed E-state index contributed by atoms with van der Waals surface area (Å²) in [6, 6.07) is 3.90. The maximum atomic E-state index is 7.46. The van der Waals surface area contributed by atoms with Crippen LogP contribution in [0.25, 0.3) is 0 Å². The van der Waals surface area contributed by atoms with E-state index < -0.39 is 0 Å². The van der Waals surface area contributed by atoms with Crippen LogP contribution in [0.1, 0.15) is 46.1 Å². The molecule has 0 unspecified atom stereocenters. The molecule has 0 bridgehead atoms. The van der Waals surface area contributed by atoms with Crippen LogP contribution < -0.4 is 4.90 Å². The van der Waals surface area contributed by atoms with Crippen LogP contribution in [0.5, 0.6) is 0 Å². The number of hydrogen-bond acceptors (Lipinski definition) is 2. The van der Waals surface area contributed by atoms with Crippen LogP contribution in [0.2, 0.25) is 0 Å². The summed E-state index contributed by atoms with van der Waals surface area (Å²) < 4.78 is 0.224. The highest BCUT2D eigenvalue weighted by Crippen LogP contribution is 2.18. The Balaban J connectivity index is 0.000000711. The number of pyridine rings is 1. The van der Waals surface area contributed by atoms with Gasteiger partial charge in [0.2, 0.25) is 0 Å². The number of amidine groups is 1. The molecule has 0 fully saturated rings. The van der Waals surface area contributed by atoms with Gasteiger partial charge in [-0.1, -0.05) is 47.3 Å². The molecule has 4 heteroatoms. The topological polar surface area (TPSA) is 40.0 Å². The molecular weight excluding hydrogens is 302 g/mol. The standard InChI is InChI=1S/C11H14BrN3.C4H10/c1-4-15(11(12)13)10-6-5-9(7-14-10)8(2)3;1-4(2)3/h4-8,13H,1H2,2-3H3;4H,1-3H3. The summed E-state index contributed by atoms with van der Waals surface area (Å²) in [5.41, 5.74) is 1.18. The van der Waals surface area contributed by atoms with Crippen molar-refractivity contribution in [2.45, 2.75) is 40.5 Å². The summed E-state index contributed by atoms with van der Waals surface area (Å²) in [5, 5.41) is 7.46. The van der Waals surface area contributed by atoms with E-state index in [0.29, 0.717) is 11.7 Å². The van der Waals surface area contributed by atoms with Gasteiger partial charge in [0.05, 0.1) is 0 Å². The minimum atomic E-state index is 0.224. The van der Waals surface area contributed by atoms with Crippen LogP contribution in [0.15, 0.2) is 31.1 Å². The molecule has 106 valence electrons. The minimum absolute atomic E-state index is 0.224. The van der Waals surface area contributed by atoms with Crippen LogP contribution in [0.3, 0.4) is 0 Å². The second-order valence-electron chi connectivity index (χ2n) is 5.18. The molecular formula is C15H24BrN3. The Morgan fingerprint density at radius 2 is 1.84 bits per heavy atom. The Hall–Kier alpha value is -1.16. The van der Waals surface area contributed by atoms with E-state index >= 15 is 0 Å². The lowest BCUT2D eigenvalue weighted by Gasteiger charge is -2.16. The highest BCUT2D eigenvalue weighted by atomic mass is 79.9. The molecule has 1 N–H and O–H groups in total. The van der Waals surface area contributed by atoms with Gasteiger partial charge in [0.15, 0.2) is 4.74 Å². The van der Waals surface area contributed by atoms with E-state index in [2.05, 4.69) is 62.1 Å². The SMILES string of the molecule is C=CN(C(=N)Br)c1ccc(C(C)C)cn1.CC(C)C. The molecule has 0 aliphatic carbocycles. The molecule has 0 spiro atoms. The fourth-order valence-electron chi connectivity index (χ4n) is 1.16. The number of anilines is 1. The Morgan fingerprint density at radius 3 is 2.11 bits per heavy atom. The number of nitrogens with zero attached hydrogens (tertiary/aromatic N) is 2. The molecule has 0 aromatic carbocycles. The molecule has 0 aliphatic rings. The van der Waals surface area contributed by atoms with Crippen molar-refractivity contribution < 1.29 is 0 Å². The van der Waals surface area contributed by atoms with Crippen molar-refractivity contribution in [2.75, 3.05) is 4.90 Å². The maximum Gasteiger partial charge on any atom is 0.175 e. The molecule has 3 nitrogen and oxygen atoms in total. The predicted molar refractivity (Wildman–Crippen MR) is 88.2 cm³/mol. The van der Waals surface area contributed by atoms with Crippen molar-refractivity contribution >= 4 is 26.5 Å². The monoisotopic (exact) mass is 325 g/mol. The molecule has 1 rings (SSSR count). The number of nitrogens with one attached hydrogen (secondary N) is 1. The summed E-state index contributed by atoms with van der Waals surface area (Å²) >= 11 is 3.08. The number of halogens is 1. The summed E-state index contributed by atoms with van der Waals surface area (Å²) in [6.45, 7) is 14.4. The lowest BCUT2D eigenvalue weighted by atomic mass is 10.1. The average molecular weight is 326 g/mol. The van der Waals surface area contributed by atoms with E-state index in [1.807, 2.05) is 18.3 Å². The summed E-state index contributed by atoms with van der Waals surface area (Å²) in [7, 11) is 0. The van der Waals surface area contributed by atoms with Crippen molar-refractivity contribution in [3.05, 3.63) is 36.7 Å². The first kappa shape index (κ1) is 17.8. The number of rotatable bonds is 3. The molecule has 19 heavy (non-hydrogen) atoms. The van der Waals surface area contributed by atoms with Gasteiger partial charge in [-0.2, -0.15) is 0 Å². The molecule has 1 aromatic heterocycles. The first-order valence-electron chi connectivity index (χ1n) is 6.41. The van der Waals surface area contributed by atoms with Gasteiger partial charge in [0.1, 0.15) is 5.82 Å². The third kappa shape index (κ3) is 7.11. The zero-order chi connectivity index (χ0) is 15.0. The predicted octanol–water partition coefficient (Wildman–Crippen LogP) is 5.15. The molecule has 0 aliphatic heterocycles. The Labute approximate surface area is 125 Å². The van der Waals surface area contributed by atoms with Crippen LogP contribution in [0.4, 0.5) is 5.82 Å². The second-order valence-corrected chi connectivity index (χ2v) is 5.93. The zero-order valence-corrected chi connectivity index (χ0v) is 14.0. The molecule has 0 saturated heterocycles. The first-order chi connectivity index (χ1) is 8.79. The Kier molecular flexibility index (Phi) is 8.32. The van der Waals surface area contributed by atoms with Crippen molar-refractivity contribution in [1.82, 2.24) is 4.98 Å². The van der Waals surface area contributed by atoms with Gasteiger partial charge < -0.3 is 0 Å². The zero-order valence-electron chi connectivity index (χ0n) is 12.4. The molecule has 0 radical (unpaired) electrons. The Bertz CT molecular complexity index is 394. The first-order valence-corrected chi connectivity index (χ1v) is 7.20. The van der Waals surface area contributed by atoms with Gasteiger partial charge in [-0.3, -0.25) is 10.3 Å². The normalized spacial score (nSPS) is 9.89. The summed E-state index contributed by atoms with van der Waals surface area (Å²) in [6.07, 6.45) is 3.38. The number of hydrogen-bond donors (Lipinski definition) is 1. The lowest BCUT2D eigenvalue weighted by Crippen LogP contribution is -2.19. The van der Waals surface area contributed by atoms with Gasteiger partial charge in [0.25, 0.3) is 0 Å². The van der Waals surface area contributed by atoms with Crippen molar-refractivity contribution in [3.63, 3.8) is 0 Å². The van der Waals surface area contributed by atoms with Gasteiger partial charge >= 0.3 is 0 Å². The van der Waals surface area contributed by atoms with E-state index in [1.165, 1.54) is 5.56 Å². The van der Waals surface area contributed by atoms with Gasteiger partial charge in [0, 0.05) is 12.4 Å². The molecule has 0 amide bonds. The van der Waals surface area contributed by atoms with Gasteiger partial charge in [-0.25, -0.2) is 4.98 Å². The maximum absolute atomic E-state index is 7.46. The third-order valence-electron chi connectivity index (χ3n) is 2.08. The lowest BCUT2D eigenvalue weighted by molar-refractivity contribution is 0.737. The van der Waals surface area contributed by atoms with E-state index in [0.717, 1.165) is 5.92 Å². The highest BCUT2D eigenvalue weighted by Gasteiger charge is 2.07. The molecule has 1 aromatic rings. The minimum Gasteiger partial charge on any atom is -0.281 e. The van der Waals surface area contributed by atoms with Crippen molar-refractivity contribution in [2.24, 2.45) is 5.92 Å². The average Bonchev–Trinajstić information content (AvgIpc) is 2.29. The largest absolute Gasteiger partial charge is 0.281 e. The fourth-order valence-corrected chi connectivity index (χ4v) is 1.48. The second kappa shape index (κ2) is 8.86.